The van der Waals surface area contributed by atoms with Gasteiger partial charge in [0.05, 0.1) is 16.1 Å². The third kappa shape index (κ3) is 3.91. The average molecular weight is 374 g/mol. The lowest BCUT2D eigenvalue weighted by Crippen LogP contribution is -2.45. The topological polar surface area (TPSA) is 51.2 Å². The lowest BCUT2D eigenvalue weighted by atomic mass is 9.85. The lowest BCUT2D eigenvalue weighted by Gasteiger charge is -2.38. The number of Topliss-reactive ketones (excluding diaryl/α,β-unsaturated/α-hetero) is 1. The van der Waals surface area contributed by atoms with Crippen molar-refractivity contribution in [1.82, 2.24) is 0 Å². The van der Waals surface area contributed by atoms with E-state index in [0.29, 0.717) is 31.2 Å². The van der Waals surface area contributed by atoms with Gasteiger partial charge in [-0.05, 0) is 43.7 Å². The van der Waals surface area contributed by atoms with Crippen LogP contribution in [0.4, 0.5) is 13.2 Å². The van der Waals surface area contributed by atoms with Gasteiger partial charge in [-0.15, -0.1) is 0 Å². The van der Waals surface area contributed by atoms with Gasteiger partial charge in [-0.1, -0.05) is 24.6 Å². The minimum atomic E-state index is -4.39. The van der Waals surface area contributed by atoms with Gasteiger partial charge in [-0.3, -0.25) is 4.79 Å². The molecule has 3 nitrogen and oxygen atoms in total. The molecule has 0 aliphatic carbocycles. The molecule has 2 atom stereocenters. The fourth-order valence-electron chi connectivity index (χ4n) is 4.05. The van der Waals surface area contributed by atoms with E-state index in [1.807, 2.05) is 0 Å². The van der Waals surface area contributed by atoms with E-state index in [0.717, 1.165) is 18.6 Å². The quantitative estimate of drug-likeness (QED) is 0.802. The predicted molar refractivity (Wildman–Crippen MR) is 87.8 cm³/mol. The molecule has 0 radical (unpaired) electrons. The van der Waals surface area contributed by atoms with Gasteiger partial charge in [0.2, 0.25) is 0 Å². The summed E-state index contributed by atoms with van der Waals surface area (Å²) in [6.45, 7) is 0. The van der Waals surface area contributed by atoms with E-state index in [1.165, 1.54) is 6.07 Å². The molecule has 3 rings (SSSR count). The maximum atomic E-state index is 12.7. The van der Waals surface area contributed by atoms with Crippen molar-refractivity contribution in [1.29, 1.82) is 0 Å². The van der Waals surface area contributed by atoms with E-state index in [9.17, 15) is 26.4 Å². The van der Waals surface area contributed by atoms with E-state index in [2.05, 4.69) is 0 Å². The summed E-state index contributed by atoms with van der Waals surface area (Å²) < 4.78 is 62.7. The highest BCUT2D eigenvalue weighted by molar-refractivity contribution is 7.92. The SMILES string of the molecule is O=C(CCc1cccc(C(F)(F)F)c1)C1CC2CCCC(C1)S2(=O)=O. The van der Waals surface area contributed by atoms with E-state index < -0.39 is 32.1 Å². The zero-order chi connectivity index (χ0) is 18.2. The van der Waals surface area contributed by atoms with Crippen LogP contribution in [-0.2, 0) is 27.2 Å². The second-order valence-electron chi connectivity index (χ2n) is 7.10. The third-order valence-corrected chi connectivity index (χ3v) is 8.16. The fraction of sp³-hybridized carbons (Fsp3) is 0.611. The van der Waals surface area contributed by atoms with E-state index in [1.54, 1.807) is 6.07 Å². The molecule has 25 heavy (non-hydrogen) atoms. The Morgan fingerprint density at radius 3 is 2.36 bits per heavy atom. The smallest absolute Gasteiger partial charge is 0.299 e. The number of benzene rings is 1. The number of hydrogen-bond donors (Lipinski definition) is 0. The summed E-state index contributed by atoms with van der Waals surface area (Å²) in [4.78, 5) is 12.5. The molecule has 2 heterocycles. The molecule has 0 aromatic heterocycles. The lowest BCUT2D eigenvalue weighted by molar-refractivity contribution is -0.137. The monoisotopic (exact) mass is 374 g/mol. The molecular formula is C18H21F3O3S. The van der Waals surface area contributed by atoms with Crippen molar-refractivity contribution >= 4 is 15.6 Å². The molecule has 2 bridgehead atoms. The minimum Gasteiger partial charge on any atom is -0.299 e. The Labute approximate surface area is 145 Å². The number of hydrogen-bond acceptors (Lipinski definition) is 3. The van der Waals surface area contributed by atoms with Gasteiger partial charge >= 0.3 is 6.18 Å². The first-order valence-corrected chi connectivity index (χ1v) is 10.2. The van der Waals surface area contributed by atoms with Gasteiger partial charge in [-0.2, -0.15) is 13.2 Å². The van der Waals surface area contributed by atoms with Crippen LogP contribution in [0.2, 0.25) is 0 Å². The Bertz CT molecular complexity index is 735. The van der Waals surface area contributed by atoms with Crippen molar-refractivity contribution in [2.24, 2.45) is 5.92 Å². The fourth-order valence-corrected chi connectivity index (χ4v) is 6.58. The number of sulfone groups is 1. The van der Waals surface area contributed by atoms with Crippen LogP contribution in [0.15, 0.2) is 24.3 Å². The largest absolute Gasteiger partial charge is 0.416 e. The Kier molecular flexibility index (Phi) is 4.97. The van der Waals surface area contributed by atoms with Gasteiger partial charge in [0.25, 0.3) is 0 Å². The summed E-state index contributed by atoms with van der Waals surface area (Å²) in [7, 11) is -3.10. The van der Waals surface area contributed by atoms with Crippen LogP contribution in [0.5, 0.6) is 0 Å². The Balaban J connectivity index is 1.62. The molecule has 0 N–H and O–H groups in total. The van der Waals surface area contributed by atoms with Crippen LogP contribution in [0, 0.1) is 5.92 Å². The van der Waals surface area contributed by atoms with Crippen molar-refractivity contribution in [3.63, 3.8) is 0 Å². The molecule has 0 amide bonds. The number of ketones is 1. The van der Waals surface area contributed by atoms with Crippen LogP contribution in [-0.4, -0.2) is 24.7 Å². The first-order chi connectivity index (χ1) is 11.7. The molecule has 1 aromatic rings. The molecule has 2 aliphatic heterocycles. The predicted octanol–water partition coefficient (Wildman–Crippen LogP) is 3.95. The molecule has 0 spiro atoms. The second-order valence-corrected chi connectivity index (χ2v) is 9.61. The van der Waals surface area contributed by atoms with Crippen LogP contribution < -0.4 is 0 Å². The molecule has 2 fully saturated rings. The average Bonchev–Trinajstić information content (AvgIpc) is 2.51. The highest BCUT2D eigenvalue weighted by Gasteiger charge is 2.45. The molecule has 7 heteroatoms. The number of carbonyl (C=O) groups is 1. The van der Waals surface area contributed by atoms with Crippen LogP contribution in [0.3, 0.4) is 0 Å². The summed E-state index contributed by atoms with van der Waals surface area (Å²) >= 11 is 0. The van der Waals surface area contributed by atoms with Crippen LogP contribution in [0.25, 0.3) is 0 Å². The van der Waals surface area contributed by atoms with Crippen molar-refractivity contribution in [3.8, 4) is 0 Å². The molecule has 1 aromatic carbocycles. The number of halogens is 3. The first-order valence-electron chi connectivity index (χ1n) is 8.59. The van der Waals surface area contributed by atoms with Gasteiger partial charge in [0, 0.05) is 12.3 Å². The number of rotatable bonds is 4. The molecule has 138 valence electrons. The maximum absolute atomic E-state index is 12.7. The summed E-state index contributed by atoms with van der Waals surface area (Å²) in [5.74, 6) is -0.297. The zero-order valence-corrected chi connectivity index (χ0v) is 14.6. The number of aryl methyl sites for hydroxylation is 1. The maximum Gasteiger partial charge on any atom is 0.416 e. The van der Waals surface area contributed by atoms with Crippen molar-refractivity contribution in [2.75, 3.05) is 0 Å². The molecular weight excluding hydrogens is 353 g/mol. The van der Waals surface area contributed by atoms with Gasteiger partial charge in [0.1, 0.15) is 5.78 Å². The van der Waals surface area contributed by atoms with Crippen LogP contribution >= 0.6 is 0 Å². The summed E-state index contributed by atoms with van der Waals surface area (Å²) in [5, 5.41) is -0.829. The number of alkyl halides is 3. The highest BCUT2D eigenvalue weighted by Crippen LogP contribution is 2.40. The third-order valence-electron chi connectivity index (χ3n) is 5.45. The van der Waals surface area contributed by atoms with Gasteiger partial charge in [-0.25, -0.2) is 8.42 Å². The van der Waals surface area contributed by atoms with Crippen molar-refractivity contribution in [2.45, 2.75) is 61.6 Å². The minimum absolute atomic E-state index is 0.0239. The normalized spacial score (nSPS) is 28.5. The molecule has 2 saturated heterocycles. The van der Waals surface area contributed by atoms with Crippen molar-refractivity contribution in [3.05, 3.63) is 35.4 Å². The first kappa shape index (κ1) is 18.4. The van der Waals surface area contributed by atoms with Gasteiger partial charge in [0.15, 0.2) is 9.84 Å². The standard InChI is InChI=1S/C18H21F3O3S/c19-18(20,21)14-4-1-3-12(9-14)7-8-17(22)13-10-15-5-2-6-16(11-13)25(15,23)24/h1,3-4,9,13,15-16H,2,5-8,10-11H2. The number of carbonyl (C=O) groups excluding carboxylic acids is 1. The summed E-state index contributed by atoms with van der Waals surface area (Å²) in [6, 6.07) is 5.02. The van der Waals surface area contributed by atoms with E-state index in [-0.39, 0.29) is 24.5 Å². The Morgan fingerprint density at radius 2 is 1.76 bits per heavy atom. The molecule has 0 saturated carbocycles. The second kappa shape index (κ2) is 6.74. The zero-order valence-electron chi connectivity index (χ0n) is 13.8. The van der Waals surface area contributed by atoms with E-state index in [4.69, 9.17) is 0 Å². The Hall–Kier alpha value is -1.37. The van der Waals surface area contributed by atoms with E-state index >= 15 is 0 Å². The number of fused-ring (bicyclic) bond motifs is 2. The Morgan fingerprint density at radius 1 is 1.12 bits per heavy atom. The van der Waals surface area contributed by atoms with Crippen molar-refractivity contribution < 1.29 is 26.4 Å². The highest BCUT2D eigenvalue weighted by atomic mass is 32.2. The van der Waals surface area contributed by atoms with Gasteiger partial charge < -0.3 is 0 Å². The summed E-state index contributed by atoms with van der Waals surface area (Å²) in [5.41, 5.74) is -0.234. The molecule has 2 aliphatic rings. The summed E-state index contributed by atoms with van der Waals surface area (Å²) in [6.07, 6.45) is -1.10. The van der Waals surface area contributed by atoms with Crippen LogP contribution in [0.1, 0.15) is 49.7 Å². The molecule has 2 unspecified atom stereocenters.